The Morgan fingerprint density at radius 1 is 0.356 bits per heavy atom. The molecule has 6 aliphatic carbocycles. The van der Waals surface area contributed by atoms with Gasteiger partial charge in [0, 0.05) is 51.9 Å². The van der Waals surface area contributed by atoms with E-state index in [1.165, 1.54) is 14.7 Å². The zero-order valence-corrected chi connectivity index (χ0v) is 84.1. The lowest BCUT2D eigenvalue weighted by molar-refractivity contribution is -0.145. The summed E-state index contributed by atoms with van der Waals surface area (Å²) < 4.78 is 0. The molecule has 18 amide bonds. The normalized spacial score (nSPS) is 25.1. The number of nitrogens with one attached hydrogen (secondary N) is 10. The van der Waals surface area contributed by atoms with Crippen molar-refractivity contribution < 1.29 is 86.3 Å². The average Bonchev–Trinajstić information content (AvgIpc) is 1.53. The Morgan fingerprint density at radius 3 is 0.896 bits per heavy atom. The number of fused-ring (bicyclic) bond motifs is 4. The summed E-state index contributed by atoms with van der Waals surface area (Å²) in [6.45, 7) is 48.7. The van der Waals surface area contributed by atoms with Gasteiger partial charge in [-0.3, -0.25) is 71.9 Å². The number of likely N-dealkylation sites (tertiary alicyclic amines) is 4. The van der Waals surface area contributed by atoms with E-state index >= 15 is 0 Å². The van der Waals surface area contributed by atoms with E-state index in [0.29, 0.717) is 65.1 Å². The number of urea groups is 3. The molecule has 6 saturated carbocycles. The quantitative estimate of drug-likeness (QED) is 0.0386. The highest BCUT2D eigenvalue weighted by Gasteiger charge is 2.73. The van der Waals surface area contributed by atoms with Crippen molar-refractivity contribution in [2.45, 2.75) is 341 Å². The minimum absolute atomic E-state index is 0.0628. The van der Waals surface area contributed by atoms with E-state index in [1.807, 2.05) is 163 Å². The van der Waals surface area contributed by atoms with Crippen LogP contribution in [0.2, 0.25) is 0 Å². The van der Waals surface area contributed by atoms with E-state index in [4.69, 9.17) is 17.2 Å². The van der Waals surface area contributed by atoms with Gasteiger partial charge < -0.3 is 94.9 Å². The van der Waals surface area contributed by atoms with Crippen molar-refractivity contribution in [3.8, 4) is 0 Å². The number of hydrogen-bond donors (Lipinski definition) is 13. The van der Waals surface area contributed by atoms with Crippen molar-refractivity contribution in [2.24, 2.45) is 120 Å². The highest BCUT2D eigenvalue weighted by atomic mass is 16.2. The highest BCUT2D eigenvalue weighted by Crippen LogP contribution is 2.67. The molecule has 0 spiro atoms. The van der Waals surface area contributed by atoms with Crippen LogP contribution < -0.4 is 70.4 Å². The molecule has 36 heteroatoms. The van der Waals surface area contributed by atoms with Crippen LogP contribution >= 0.6 is 0 Å². The van der Waals surface area contributed by atoms with Gasteiger partial charge in [-0.2, -0.15) is 0 Å². The molecule has 135 heavy (non-hydrogen) atoms. The molecule has 36 nitrogen and oxygen atoms in total. The van der Waals surface area contributed by atoms with E-state index in [-0.39, 0.29) is 105 Å². The Morgan fingerprint density at radius 2 is 0.637 bits per heavy atom. The van der Waals surface area contributed by atoms with Crippen LogP contribution in [-0.2, 0) is 85.0 Å². The molecular weight excluding hydrogens is 1730 g/mol. The molecule has 1 aromatic carbocycles. The molecule has 750 valence electrons. The number of nitrogens with zero attached hydrogens (tertiary/aromatic N) is 5. The summed E-state index contributed by atoms with van der Waals surface area (Å²) in [5, 5.41) is 28.0. The lowest BCUT2D eigenvalue weighted by atomic mass is 9.80. The van der Waals surface area contributed by atoms with E-state index in [1.54, 1.807) is 9.80 Å². The Labute approximate surface area is 796 Å². The first kappa shape index (κ1) is 107. The van der Waals surface area contributed by atoms with Gasteiger partial charge in [-0.25, -0.2) is 14.4 Å². The average molecular weight is 1890 g/mol. The molecule has 0 radical (unpaired) electrons. The number of piperidine rings is 3. The Hall–Kier alpha value is -10.3. The number of benzene rings is 1. The van der Waals surface area contributed by atoms with Crippen molar-refractivity contribution in [1.82, 2.24) is 77.7 Å². The minimum Gasteiger partial charge on any atom is -0.363 e. The fourth-order valence-corrected chi connectivity index (χ4v) is 21.5. The standard InChI is InChI=1S/C36H52N6O6.C32H52N6O6.C31H52N6O6/c1-34(2,3)27(31(46)41-16-20-11-9-10-12-21(20)17-41)39-33(48)40-28(35(4,5)6)32(47)42-18-22-24(36(22,7)8)25(42)30(45)38-23(15-19-13-14-19)26(43)29(37)44;1-17(2)22(28(42)37-13-8-9-14-37)35-30(44)36-25(31(3,4)5)29(43)38-16-19-21(32(19,6)7)23(38)27(41)34-20(24(39)26(33)40)15-18-11-10-12-18;1-15(2)21(26(40)33-16(3)4)35-29(43)36-24(30(5,6)7)28(42)37-14-18-20(31(18,8)9)22(37)27(41)34-19(23(38)25(32)39)13-17-11-10-12-17/h9-12,19,22-25,27-28H,13-18H2,1-8H3,(H2,37,44)(H,38,45)(H2,39,40,48);17-23,25H,8-16H2,1-7H3,(H2,33,40)(H,34,41)(H2,35,36,44);15-22,24H,10-14H2,1-9H3,(H2,32,39)(H,33,40)(H,34,41)(H2,35,36,43)/t22-,23?,24-,25-,27+,28+;19-,20?,21-,22-,23-,25+;18-,19?,20-,21-,22-,24+/m000/s1. The van der Waals surface area contributed by atoms with Crippen molar-refractivity contribution >= 4 is 106 Å². The first-order valence-electron chi connectivity index (χ1n) is 48.9. The van der Waals surface area contributed by atoms with Crippen LogP contribution in [0.3, 0.4) is 0 Å². The first-order chi connectivity index (χ1) is 62.4. The molecule has 4 saturated heterocycles. The second-order valence-electron chi connectivity index (χ2n) is 47.4. The smallest absolute Gasteiger partial charge is 0.316 e. The summed E-state index contributed by atoms with van der Waals surface area (Å²) in [5.41, 5.74) is 14.7. The third kappa shape index (κ3) is 24.6. The van der Waals surface area contributed by atoms with Crippen molar-refractivity contribution in [2.75, 3.05) is 32.7 Å². The molecule has 10 fully saturated rings. The van der Waals surface area contributed by atoms with Gasteiger partial charge in [0.05, 0.1) is 18.1 Å². The summed E-state index contributed by atoms with van der Waals surface area (Å²) >= 11 is 0. The van der Waals surface area contributed by atoms with Gasteiger partial charge in [-0.1, -0.05) is 228 Å². The van der Waals surface area contributed by atoms with Crippen LogP contribution in [0.1, 0.15) is 261 Å². The van der Waals surface area contributed by atoms with Crippen molar-refractivity contribution in [1.29, 1.82) is 0 Å². The lowest BCUT2D eigenvalue weighted by Crippen LogP contribution is -2.63. The van der Waals surface area contributed by atoms with E-state index < -0.39 is 183 Å². The number of primary amides is 3. The van der Waals surface area contributed by atoms with Crippen molar-refractivity contribution in [3.05, 3.63) is 35.4 Å². The van der Waals surface area contributed by atoms with Gasteiger partial charge in [0.1, 0.15) is 54.4 Å². The first-order valence-corrected chi connectivity index (χ1v) is 48.9. The van der Waals surface area contributed by atoms with Gasteiger partial charge in [0.2, 0.25) is 70.5 Å². The van der Waals surface area contributed by atoms with Gasteiger partial charge >= 0.3 is 18.1 Å². The van der Waals surface area contributed by atoms with Gasteiger partial charge in [0.15, 0.2) is 0 Å². The Bertz CT molecular complexity index is 4680. The molecule has 5 aliphatic heterocycles. The number of amides is 18. The predicted octanol–water partition coefficient (Wildman–Crippen LogP) is 5.50. The maximum atomic E-state index is 14.4. The molecule has 3 unspecified atom stereocenters. The largest absolute Gasteiger partial charge is 0.363 e. The molecule has 12 rings (SSSR count). The van der Waals surface area contributed by atoms with Crippen LogP contribution in [-0.4, -0.2) is 242 Å². The van der Waals surface area contributed by atoms with Gasteiger partial charge in [-0.15, -0.1) is 0 Å². The molecule has 11 aliphatic rings. The monoisotopic (exact) mass is 1890 g/mol. The zero-order valence-electron chi connectivity index (χ0n) is 84.1. The molecule has 18 atom stereocenters. The summed E-state index contributed by atoms with van der Waals surface area (Å²) in [4.78, 5) is 246. The van der Waals surface area contributed by atoms with E-state index in [0.717, 1.165) is 75.3 Å². The Kier molecular flexibility index (Phi) is 32.5. The summed E-state index contributed by atoms with van der Waals surface area (Å²) in [5.74, 6) is -9.04. The number of carbonyl (C=O) groups is 18. The highest BCUT2D eigenvalue weighted by molar-refractivity contribution is 6.39. The number of hydrogen-bond acceptors (Lipinski definition) is 18. The molecule has 16 N–H and O–H groups in total. The number of ketones is 3. The van der Waals surface area contributed by atoms with Gasteiger partial charge in [0.25, 0.3) is 17.7 Å². The van der Waals surface area contributed by atoms with Gasteiger partial charge in [-0.05, 0) is 160 Å². The topological polar surface area (TPSA) is 522 Å². The lowest BCUT2D eigenvalue weighted by Gasteiger charge is -2.39. The molecule has 5 heterocycles. The number of rotatable bonds is 33. The maximum Gasteiger partial charge on any atom is 0.316 e. The SMILES string of the molecule is CC(C)(C)[C@H](NC(=O)N[C@H](C(=O)N1C[C@H]2[C@@H]([C@H]1C(=O)NC(CC1CC1)C(=O)C(N)=O)C2(C)C)C(C)(C)C)C(=O)N1Cc2ccccc2C1.CC(C)NC(=O)[C@@H](NC(=O)N[C@H](C(=O)N1C[C@H]2[C@@H]([C@H]1C(=O)NC(CC1CCC1)C(=O)C(N)=O)C2(C)C)C(C)(C)C)C(C)C.CC(C)[C@H](NC(=O)N[C@H](C(=O)N1C[C@H]2[C@@H]([C@H]1C(=O)NC(CC1CCC1)C(=O)C(N)=O)C2(C)C)C(C)(C)C)C(=O)N1CCCC1. The molecule has 0 aromatic heterocycles. The van der Waals surface area contributed by atoms with Crippen LogP contribution in [0.5, 0.6) is 0 Å². The fourth-order valence-electron chi connectivity index (χ4n) is 21.5. The van der Waals surface area contributed by atoms with Crippen LogP contribution in [0.25, 0.3) is 0 Å². The summed E-state index contributed by atoms with van der Waals surface area (Å²) in [6.07, 6.45) is 10.5. The second kappa shape index (κ2) is 41.2. The number of carbonyl (C=O) groups excluding carboxylic acids is 18. The summed E-state index contributed by atoms with van der Waals surface area (Å²) in [7, 11) is 0. The second-order valence-corrected chi connectivity index (χ2v) is 47.4. The van der Waals surface area contributed by atoms with E-state index in [2.05, 4.69) is 80.9 Å². The third-order valence-corrected chi connectivity index (χ3v) is 30.8. The number of nitrogens with two attached hydrogens (primary N) is 3. The van der Waals surface area contributed by atoms with E-state index in [9.17, 15) is 86.3 Å². The van der Waals surface area contributed by atoms with Crippen molar-refractivity contribution in [3.63, 3.8) is 0 Å². The zero-order chi connectivity index (χ0) is 101. The summed E-state index contributed by atoms with van der Waals surface area (Å²) in [6, 6.07) is -5.37. The minimum atomic E-state index is -1.10. The molecule has 1 aromatic rings. The number of Topliss-reactive ketones (excluding diaryl/α,β-unsaturated/α-hetero) is 3. The molecular formula is C99H156N18O18. The third-order valence-electron chi connectivity index (χ3n) is 30.8. The Balaban J connectivity index is 0.000000210. The van der Waals surface area contributed by atoms with Crippen LogP contribution in [0.15, 0.2) is 24.3 Å². The van der Waals surface area contributed by atoms with Crippen LogP contribution in [0, 0.1) is 103 Å². The molecule has 0 bridgehead atoms. The van der Waals surface area contributed by atoms with Crippen LogP contribution in [0.4, 0.5) is 14.4 Å². The maximum absolute atomic E-state index is 14.4. The fraction of sp³-hybridized carbons (Fsp3) is 0.758. The predicted molar refractivity (Wildman–Crippen MR) is 503 cm³/mol.